The monoisotopic (exact) mass is 303 g/mol. The summed E-state index contributed by atoms with van der Waals surface area (Å²) < 4.78 is 1.09. The third kappa shape index (κ3) is 2.97. The van der Waals surface area contributed by atoms with Crippen molar-refractivity contribution in [3.63, 3.8) is 0 Å². The predicted octanol–water partition coefficient (Wildman–Crippen LogP) is 4.22. The lowest BCUT2D eigenvalue weighted by Gasteiger charge is -2.34. The zero-order chi connectivity index (χ0) is 13.0. The molecule has 0 bridgehead atoms. The van der Waals surface area contributed by atoms with Gasteiger partial charge in [-0.05, 0) is 43.4 Å². The number of piperidine rings is 1. The van der Waals surface area contributed by atoms with Crippen LogP contribution >= 0.6 is 15.9 Å². The van der Waals surface area contributed by atoms with Gasteiger partial charge in [0.05, 0.1) is 5.69 Å². The van der Waals surface area contributed by atoms with Gasteiger partial charge in [0.25, 0.3) is 0 Å². The van der Waals surface area contributed by atoms with Gasteiger partial charge in [0.15, 0.2) is 0 Å². The Morgan fingerprint density at radius 3 is 2.78 bits per heavy atom. The first kappa shape index (κ1) is 13.2. The lowest BCUT2D eigenvalue weighted by atomic mass is 9.93. The molecule has 1 saturated heterocycles. The molecule has 0 spiro atoms. The second kappa shape index (κ2) is 6.11. The maximum atomic E-state index is 5.58. The van der Waals surface area contributed by atoms with Crippen molar-refractivity contribution in [2.24, 2.45) is 5.92 Å². The minimum Gasteiger partial charge on any atom is -0.370 e. The number of hydrogen-bond donors (Lipinski definition) is 0. The van der Waals surface area contributed by atoms with E-state index in [-0.39, 0.29) is 0 Å². The summed E-state index contributed by atoms with van der Waals surface area (Å²) >= 11 is 3.52. The van der Waals surface area contributed by atoms with Gasteiger partial charge in [-0.3, -0.25) is 0 Å². The molecule has 1 aromatic carbocycles. The van der Waals surface area contributed by atoms with Gasteiger partial charge in [-0.2, -0.15) is 0 Å². The predicted molar refractivity (Wildman–Crippen MR) is 81.8 cm³/mol. The lowest BCUT2D eigenvalue weighted by molar-refractivity contribution is 0.410. The van der Waals surface area contributed by atoms with Crippen LogP contribution in [0.15, 0.2) is 35.3 Å². The van der Waals surface area contributed by atoms with Gasteiger partial charge >= 0.3 is 0 Å². The first-order valence-electron chi connectivity index (χ1n) is 6.36. The number of halogens is 1. The molecular weight excluding hydrogens is 286 g/mol. The maximum Gasteiger partial charge on any atom is 0.0536 e. The normalized spacial score (nSPS) is 16.3. The van der Waals surface area contributed by atoms with E-state index in [1.807, 2.05) is 18.2 Å². The van der Waals surface area contributed by atoms with Crippen LogP contribution in [0.2, 0.25) is 0 Å². The van der Waals surface area contributed by atoms with Crippen molar-refractivity contribution in [1.29, 1.82) is 0 Å². The first-order chi connectivity index (χ1) is 8.74. The van der Waals surface area contributed by atoms with Gasteiger partial charge < -0.3 is 4.90 Å². The van der Waals surface area contributed by atoms with E-state index < -0.39 is 0 Å². The maximum absolute atomic E-state index is 5.58. The van der Waals surface area contributed by atoms with Crippen LogP contribution in [0.25, 0.3) is 0 Å². The fourth-order valence-electron chi connectivity index (χ4n) is 2.53. The van der Waals surface area contributed by atoms with Gasteiger partial charge in [0.1, 0.15) is 0 Å². The summed E-state index contributed by atoms with van der Waals surface area (Å²) in [5.74, 6) is 3.57. The molecule has 0 saturated carbocycles. The van der Waals surface area contributed by atoms with Crippen molar-refractivity contribution in [3.05, 3.63) is 40.9 Å². The number of hydrogen-bond acceptors (Lipinski definition) is 1. The Kier molecular flexibility index (Phi) is 4.49. The van der Waals surface area contributed by atoms with E-state index in [0.717, 1.165) is 35.5 Å². The highest BCUT2D eigenvalue weighted by Gasteiger charge is 2.20. The number of rotatable bonds is 3. The average Bonchev–Trinajstić information content (AvgIpc) is 2.40. The fourth-order valence-corrected chi connectivity index (χ4v) is 2.88. The summed E-state index contributed by atoms with van der Waals surface area (Å²) in [7, 11) is 0. The molecule has 2 heteroatoms. The number of nitrogens with zero attached hydrogens (tertiary/aromatic N) is 1. The van der Waals surface area contributed by atoms with Crippen LogP contribution in [0.4, 0.5) is 5.69 Å². The SMILES string of the molecule is C#Cc1ccc(Br)cc1N1CCC(CC=C)CC1. The summed E-state index contributed by atoms with van der Waals surface area (Å²) in [6, 6.07) is 6.14. The van der Waals surface area contributed by atoms with Crippen LogP contribution in [0.1, 0.15) is 24.8 Å². The van der Waals surface area contributed by atoms with Crippen LogP contribution < -0.4 is 4.90 Å². The minimum atomic E-state index is 0.792. The molecule has 1 fully saturated rings. The summed E-state index contributed by atoms with van der Waals surface area (Å²) in [6.07, 6.45) is 11.2. The molecule has 0 radical (unpaired) electrons. The second-order valence-corrected chi connectivity index (χ2v) is 5.68. The molecule has 0 aromatic heterocycles. The number of allylic oxidation sites excluding steroid dienone is 1. The van der Waals surface area contributed by atoms with E-state index in [2.05, 4.69) is 39.4 Å². The van der Waals surface area contributed by atoms with Crippen LogP contribution in [-0.2, 0) is 0 Å². The van der Waals surface area contributed by atoms with Gasteiger partial charge in [0, 0.05) is 23.1 Å². The van der Waals surface area contributed by atoms with E-state index in [1.54, 1.807) is 0 Å². The first-order valence-corrected chi connectivity index (χ1v) is 7.16. The Morgan fingerprint density at radius 2 is 2.17 bits per heavy atom. The Labute approximate surface area is 118 Å². The lowest BCUT2D eigenvalue weighted by Crippen LogP contribution is -2.34. The molecule has 1 heterocycles. The number of terminal acetylenes is 1. The largest absolute Gasteiger partial charge is 0.370 e. The molecule has 1 aliphatic heterocycles. The van der Waals surface area contributed by atoms with Gasteiger partial charge in [0.2, 0.25) is 0 Å². The highest BCUT2D eigenvalue weighted by molar-refractivity contribution is 9.10. The van der Waals surface area contributed by atoms with E-state index in [9.17, 15) is 0 Å². The van der Waals surface area contributed by atoms with Gasteiger partial charge in [-0.15, -0.1) is 13.0 Å². The molecule has 0 aliphatic carbocycles. The summed E-state index contributed by atoms with van der Waals surface area (Å²) in [6.45, 7) is 6.00. The zero-order valence-corrected chi connectivity index (χ0v) is 12.1. The van der Waals surface area contributed by atoms with Gasteiger partial charge in [-0.1, -0.05) is 27.9 Å². The zero-order valence-electron chi connectivity index (χ0n) is 10.5. The summed E-state index contributed by atoms with van der Waals surface area (Å²) in [5, 5.41) is 0. The third-order valence-electron chi connectivity index (χ3n) is 3.57. The third-order valence-corrected chi connectivity index (χ3v) is 4.06. The average molecular weight is 304 g/mol. The van der Waals surface area contributed by atoms with Crippen LogP contribution in [0, 0.1) is 18.3 Å². The fraction of sp³-hybridized carbons (Fsp3) is 0.375. The van der Waals surface area contributed by atoms with Crippen LogP contribution in [0.3, 0.4) is 0 Å². The molecule has 18 heavy (non-hydrogen) atoms. The van der Waals surface area contributed by atoms with E-state index >= 15 is 0 Å². The Bertz CT molecular complexity index is 464. The van der Waals surface area contributed by atoms with E-state index in [1.165, 1.54) is 18.5 Å². The molecule has 0 amide bonds. The van der Waals surface area contributed by atoms with E-state index in [0.29, 0.717) is 0 Å². The molecule has 94 valence electrons. The van der Waals surface area contributed by atoms with Crippen molar-refractivity contribution >= 4 is 21.6 Å². The second-order valence-electron chi connectivity index (χ2n) is 4.76. The van der Waals surface area contributed by atoms with Crippen molar-refractivity contribution < 1.29 is 0 Å². The van der Waals surface area contributed by atoms with E-state index in [4.69, 9.17) is 6.42 Å². The number of benzene rings is 1. The van der Waals surface area contributed by atoms with Crippen LogP contribution in [0.5, 0.6) is 0 Å². The van der Waals surface area contributed by atoms with Crippen molar-refractivity contribution in [3.8, 4) is 12.3 Å². The van der Waals surface area contributed by atoms with Crippen LogP contribution in [-0.4, -0.2) is 13.1 Å². The van der Waals surface area contributed by atoms with Crippen molar-refractivity contribution in [1.82, 2.24) is 0 Å². The molecule has 0 unspecified atom stereocenters. The Morgan fingerprint density at radius 1 is 1.44 bits per heavy atom. The Balaban J connectivity index is 2.12. The molecule has 0 N–H and O–H groups in total. The number of anilines is 1. The smallest absolute Gasteiger partial charge is 0.0536 e. The molecule has 1 aliphatic rings. The topological polar surface area (TPSA) is 3.24 Å². The Hall–Kier alpha value is -1.20. The highest BCUT2D eigenvalue weighted by Crippen LogP contribution is 2.29. The quantitative estimate of drug-likeness (QED) is 0.597. The van der Waals surface area contributed by atoms with Gasteiger partial charge in [-0.25, -0.2) is 0 Å². The summed E-state index contributed by atoms with van der Waals surface area (Å²) in [5.41, 5.74) is 2.17. The molecule has 2 rings (SSSR count). The molecule has 1 nitrogen and oxygen atoms in total. The molecule has 1 aromatic rings. The standard InChI is InChI=1S/C16H18BrN/c1-3-5-13-8-10-18(11-9-13)16-12-15(17)7-6-14(16)4-2/h2-3,6-7,12-13H,1,5,8-11H2. The summed E-state index contributed by atoms with van der Waals surface area (Å²) in [4.78, 5) is 2.40. The van der Waals surface area contributed by atoms with Crippen molar-refractivity contribution in [2.45, 2.75) is 19.3 Å². The molecular formula is C16H18BrN. The highest BCUT2D eigenvalue weighted by atomic mass is 79.9. The molecule has 0 atom stereocenters. The van der Waals surface area contributed by atoms with Crippen molar-refractivity contribution in [2.75, 3.05) is 18.0 Å². The minimum absolute atomic E-state index is 0.792.